The second kappa shape index (κ2) is 10.4. The summed E-state index contributed by atoms with van der Waals surface area (Å²) in [4.78, 5) is 45.2. The van der Waals surface area contributed by atoms with E-state index in [0.29, 0.717) is 31.7 Å². The minimum Gasteiger partial charge on any atom is -0.340 e. The molecule has 2 aromatic carbocycles. The van der Waals surface area contributed by atoms with Gasteiger partial charge in [-0.1, -0.05) is 54.7 Å². The van der Waals surface area contributed by atoms with Crippen LogP contribution in [0.3, 0.4) is 0 Å². The Morgan fingerprint density at radius 2 is 1.77 bits per heavy atom. The predicted octanol–water partition coefficient (Wildman–Crippen LogP) is 5.88. The number of fused-ring (bicyclic) bond motifs is 1. The largest absolute Gasteiger partial charge is 0.373 e. The molecule has 0 fully saturated rings. The fourth-order valence-corrected chi connectivity index (χ4v) is 3.51. The van der Waals surface area contributed by atoms with Gasteiger partial charge in [-0.05, 0) is 36.2 Å². The van der Waals surface area contributed by atoms with E-state index in [4.69, 9.17) is 44.4 Å². The lowest BCUT2D eigenvalue weighted by molar-refractivity contribution is -0.191. The Bertz CT molecular complexity index is 1180. The number of nitrogens with one attached hydrogen (secondary N) is 2. The van der Waals surface area contributed by atoms with Gasteiger partial charge in [0.25, 0.3) is 0 Å². The average Bonchev–Trinajstić information content (AvgIpc) is 2.65. The highest BCUT2D eigenvalue weighted by molar-refractivity contribution is 6.36. The molecule has 1 aromatic heterocycles. The van der Waals surface area contributed by atoms with Gasteiger partial charge in [0.15, 0.2) is 5.78 Å². The first-order chi connectivity index (χ1) is 14.2. The van der Waals surface area contributed by atoms with Crippen molar-refractivity contribution < 1.29 is 14.4 Å². The smallest absolute Gasteiger partial charge is 0.340 e. The molecular weight excluding hydrogens is 451 g/mol. The number of H-pyrrole nitrogens is 1. The van der Waals surface area contributed by atoms with Gasteiger partial charge in [0.2, 0.25) is 5.43 Å². The normalized spacial score (nSPS) is 10.3. The third-order valence-electron chi connectivity index (χ3n) is 4.05. The first-order valence-corrected chi connectivity index (χ1v) is 9.92. The Hall–Kier alpha value is -2.63. The van der Waals surface area contributed by atoms with Gasteiger partial charge < -0.3 is 10.3 Å². The van der Waals surface area contributed by atoms with Crippen LogP contribution < -0.4 is 10.7 Å². The van der Waals surface area contributed by atoms with Gasteiger partial charge >= 0.3 is 6.15 Å². The molecule has 3 rings (SSSR count). The monoisotopic (exact) mass is 466 g/mol. The number of Topliss-reactive ketones (excluding diaryl/α,β-unsaturated/α-hetero) is 1. The summed E-state index contributed by atoms with van der Waals surface area (Å²) in [5, 5.41) is 4.66. The maximum atomic E-state index is 13.1. The Kier molecular flexibility index (Phi) is 8.21. The summed E-state index contributed by atoms with van der Waals surface area (Å²) in [6.07, 6.45) is 0.498. The SMILES string of the molecule is CC(C)CC(=O)c1c(Nc2ccc(Cl)cc2Cl)[nH]c2c(Cl)cccc2c1=O.O=C=O. The molecule has 3 aromatic rings. The molecule has 9 heteroatoms. The molecular formula is C21H17Cl3N2O4. The number of pyridine rings is 1. The summed E-state index contributed by atoms with van der Waals surface area (Å²) in [5.74, 6) is 0.120. The van der Waals surface area contributed by atoms with Crippen LogP contribution in [0.15, 0.2) is 41.2 Å². The number of carbonyl (C=O) groups excluding carboxylic acids is 3. The van der Waals surface area contributed by atoms with Gasteiger partial charge in [-0.25, -0.2) is 0 Å². The van der Waals surface area contributed by atoms with E-state index in [1.165, 1.54) is 0 Å². The fourth-order valence-electron chi connectivity index (χ4n) is 2.83. The molecule has 0 atom stereocenters. The Balaban J connectivity index is 0.00000101. The number of benzene rings is 2. The van der Waals surface area contributed by atoms with Gasteiger partial charge in [0.1, 0.15) is 11.4 Å². The second-order valence-electron chi connectivity index (χ2n) is 6.72. The molecule has 0 saturated carbocycles. The molecule has 0 amide bonds. The number of halogens is 3. The minimum atomic E-state index is -0.371. The molecule has 0 spiro atoms. The van der Waals surface area contributed by atoms with E-state index in [0.717, 1.165) is 0 Å². The van der Waals surface area contributed by atoms with E-state index in [9.17, 15) is 9.59 Å². The van der Waals surface area contributed by atoms with Gasteiger partial charge in [0.05, 0.1) is 21.2 Å². The number of hydrogen-bond donors (Lipinski definition) is 2. The first kappa shape index (κ1) is 23.6. The Morgan fingerprint density at radius 1 is 1.10 bits per heavy atom. The Labute approximate surface area is 187 Å². The van der Waals surface area contributed by atoms with Crippen LogP contribution in [0.1, 0.15) is 30.6 Å². The molecule has 0 bridgehead atoms. The molecule has 30 heavy (non-hydrogen) atoms. The number of rotatable bonds is 5. The lowest BCUT2D eigenvalue weighted by Crippen LogP contribution is -2.20. The first-order valence-electron chi connectivity index (χ1n) is 8.78. The molecule has 156 valence electrons. The van der Waals surface area contributed by atoms with Gasteiger partial charge in [-0.15, -0.1) is 0 Å². The lowest BCUT2D eigenvalue weighted by Gasteiger charge is -2.15. The molecule has 0 radical (unpaired) electrons. The van der Waals surface area contributed by atoms with Crippen LogP contribution >= 0.6 is 34.8 Å². The van der Waals surface area contributed by atoms with E-state index in [2.05, 4.69) is 10.3 Å². The predicted molar refractivity (Wildman–Crippen MR) is 118 cm³/mol. The summed E-state index contributed by atoms with van der Waals surface area (Å²) >= 11 is 18.4. The summed E-state index contributed by atoms with van der Waals surface area (Å²) in [6, 6.07) is 9.92. The topological polar surface area (TPSA) is 96.1 Å². The standard InChI is InChI=1S/C20H17Cl3N2O2.CO2/c1-10(2)8-16(26)17-19(27)12-4-3-5-13(22)18(12)25-20(17)24-15-7-6-11(21)9-14(15)23;2-1-3/h3-7,9-10H,8H2,1-2H3,(H2,24,25,27);. The van der Waals surface area contributed by atoms with Crippen molar-refractivity contribution in [2.75, 3.05) is 5.32 Å². The summed E-state index contributed by atoms with van der Waals surface area (Å²) in [6.45, 7) is 3.85. The average molecular weight is 468 g/mol. The number of ketones is 1. The second-order valence-corrected chi connectivity index (χ2v) is 7.97. The Morgan fingerprint density at radius 3 is 2.37 bits per heavy atom. The molecule has 0 saturated heterocycles. The number of aromatic nitrogens is 1. The zero-order chi connectivity index (χ0) is 22.4. The molecule has 1 heterocycles. The van der Waals surface area contributed by atoms with Crippen LogP contribution in [0.2, 0.25) is 15.1 Å². The van der Waals surface area contributed by atoms with Crippen molar-refractivity contribution in [3.8, 4) is 0 Å². The maximum Gasteiger partial charge on any atom is 0.373 e. The molecule has 2 N–H and O–H groups in total. The molecule has 0 aliphatic rings. The highest BCUT2D eigenvalue weighted by Crippen LogP contribution is 2.30. The quantitative estimate of drug-likeness (QED) is 0.457. The van der Waals surface area contributed by atoms with Crippen LogP contribution in [0, 0.1) is 5.92 Å². The number of anilines is 2. The summed E-state index contributed by atoms with van der Waals surface area (Å²) in [5.41, 5.74) is 0.661. The number of carbonyl (C=O) groups is 1. The van der Waals surface area contributed by atoms with Crippen molar-refractivity contribution in [3.63, 3.8) is 0 Å². The molecule has 0 aliphatic carbocycles. The zero-order valence-corrected chi connectivity index (χ0v) is 18.3. The third-order valence-corrected chi connectivity index (χ3v) is 4.91. The number of para-hydroxylation sites is 1. The number of aromatic amines is 1. The zero-order valence-electron chi connectivity index (χ0n) is 16.0. The van der Waals surface area contributed by atoms with Crippen LogP contribution in [0.5, 0.6) is 0 Å². The van der Waals surface area contributed by atoms with E-state index >= 15 is 0 Å². The highest BCUT2D eigenvalue weighted by atomic mass is 35.5. The van der Waals surface area contributed by atoms with Crippen molar-refractivity contribution >= 4 is 69.1 Å². The van der Waals surface area contributed by atoms with Crippen LogP contribution in [-0.4, -0.2) is 16.9 Å². The van der Waals surface area contributed by atoms with Gasteiger partial charge in [0, 0.05) is 16.8 Å². The van der Waals surface area contributed by atoms with E-state index in [1.807, 2.05) is 13.8 Å². The van der Waals surface area contributed by atoms with Crippen LogP contribution in [0.25, 0.3) is 10.9 Å². The van der Waals surface area contributed by atoms with Gasteiger partial charge in [-0.3, -0.25) is 9.59 Å². The van der Waals surface area contributed by atoms with E-state index < -0.39 is 0 Å². The maximum absolute atomic E-state index is 13.1. The van der Waals surface area contributed by atoms with Crippen LogP contribution in [0.4, 0.5) is 11.5 Å². The van der Waals surface area contributed by atoms with Crippen molar-refractivity contribution in [3.05, 3.63) is 67.3 Å². The third kappa shape index (κ3) is 5.49. The van der Waals surface area contributed by atoms with Crippen molar-refractivity contribution in [2.24, 2.45) is 5.92 Å². The van der Waals surface area contributed by atoms with Gasteiger partial charge in [-0.2, -0.15) is 9.59 Å². The van der Waals surface area contributed by atoms with Crippen molar-refractivity contribution in [1.82, 2.24) is 4.98 Å². The summed E-state index contributed by atoms with van der Waals surface area (Å²) < 4.78 is 0. The lowest BCUT2D eigenvalue weighted by atomic mass is 9.99. The minimum absolute atomic E-state index is 0.0597. The molecule has 0 aliphatic heterocycles. The molecule has 0 unspecified atom stereocenters. The van der Waals surface area contributed by atoms with E-state index in [1.54, 1.807) is 36.4 Å². The summed E-state index contributed by atoms with van der Waals surface area (Å²) in [7, 11) is 0. The van der Waals surface area contributed by atoms with Crippen molar-refractivity contribution in [1.29, 1.82) is 0 Å². The van der Waals surface area contributed by atoms with Crippen molar-refractivity contribution in [2.45, 2.75) is 20.3 Å². The van der Waals surface area contributed by atoms with Crippen LogP contribution in [-0.2, 0) is 9.59 Å². The highest BCUT2D eigenvalue weighted by Gasteiger charge is 2.21. The molecule has 6 nitrogen and oxygen atoms in total. The fraction of sp³-hybridized carbons (Fsp3) is 0.190. The van der Waals surface area contributed by atoms with E-state index in [-0.39, 0.29) is 41.1 Å². The number of hydrogen-bond acceptors (Lipinski definition) is 5.